The van der Waals surface area contributed by atoms with E-state index in [0.29, 0.717) is 25.5 Å². The molecule has 0 aliphatic rings. The molecule has 0 heterocycles. The van der Waals surface area contributed by atoms with E-state index < -0.39 is 0 Å². The molecule has 0 aromatic rings. The summed E-state index contributed by atoms with van der Waals surface area (Å²) < 4.78 is 13.1. The first-order valence-corrected chi connectivity index (χ1v) is 10.4. The second kappa shape index (κ2) is 20.4. The Kier molecular flexibility index (Phi) is 20.0. The van der Waals surface area contributed by atoms with Gasteiger partial charge in [-0.3, -0.25) is 15.2 Å². The molecular weight excluding hydrogens is 391 g/mol. The van der Waals surface area contributed by atoms with Crippen molar-refractivity contribution in [1.82, 2.24) is 4.90 Å². The summed E-state index contributed by atoms with van der Waals surface area (Å²) in [7, 11) is 3.93. The number of likely N-dealkylation sites (N-methyl/N-ethyl adjacent to an activating group) is 1. The smallest absolute Gasteiger partial charge is 0.142 e. The van der Waals surface area contributed by atoms with E-state index in [0.717, 1.165) is 17.7 Å². The SMILES string of the molecule is C=CC(C/C=C(\C)F)CC(=C/N=C/C=C/C=O)/C=C/C(=C/CN(C)C)CC(=N)N.CC. The van der Waals surface area contributed by atoms with E-state index in [1.54, 1.807) is 24.4 Å². The number of hydrogen-bond acceptors (Lipinski definition) is 4. The number of halogens is 1. The van der Waals surface area contributed by atoms with Crippen LogP contribution in [0, 0.1) is 11.3 Å². The van der Waals surface area contributed by atoms with Gasteiger partial charge in [0.2, 0.25) is 0 Å². The van der Waals surface area contributed by atoms with Crippen molar-refractivity contribution in [3.63, 3.8) is 0 Å². The van der Waals surface area contributed by atoms with Crippen molar-refractivity contribution >= 4 is 18.3 Å². The highest BCUT2D eigenvalue weighted by molar-refractivity contribution is 5.80. The Morgan fingerprint density at radius 1 is 1.19 bits per heavy atom. The van der Waals surface area contributed by atoms with E-state index in [4.69, 9.17) is 11.1 Å². The molecule has 0 spiro atoms. The van der Waals surface area contributed by atoms with Gasteiger partial charge >= 0.3 is 0 Å². The normalized spacial score (nSPS) is 14.2. The van der Waals surface area contributed by atoms with Gasteiger partial charge in [-0.15, -0.1) is 6.58 Å². The highest BCUT2D eigenvalue weighted by Gasteiger charge is 2.06. The lowest BCUT2D eigenvalue weighted by atomic mass is 9.95. The first kappa shape index (κ1) is 30.3. The summed E-state index contributed by atoms with van der Waals surface area (Å²) in [6.07, 6.45) is 17.5. The number of nitrogens with zero attached hydrogens (tertiary/aromatic N) is 2. The third-order valence-electron chi connectivity index (χ3n) is 3.76. The fourth-order valence-electron chi connectivity index (χ4n) is 2.26. The summed E-state index contributed by atoms with van der Waals surface area (Å²) in [5, 5.41) is 7.57. The fourth-order valence-corrected chi connectivity index (χ4v) is 2.26. The van der Waals surface area contributed by atoms with Gasteiger partial charge in [0.25, 0.3) is 0 Å². The zero-order valence-electron chi connectivity index (χ0n) is 19.6. The first-order chi connectivity index (χ1) is 14.8. The molecule has 1 unspecified atom stereocenters. The summed E-state index contributed by atoms with van der Waals surface area (Å²) in [5.41, 5.74) is 7.41. The predicted octanol–water partition coefficient (Wildman–Crippen LogP) is 5.55. The summed E-state index contributed by atoms with van der Waals surface area (Å²) >= 11 is 0. The van der Waals surface area contributed by atoms with Crippen LogP contribution in [0.5, 0.6) is 0 Å². The first-order valence-electron chi connectivity index (χ1n) is 10.4. The van der Waals surface area contributed by atoms with Gasteiger partial charge in [0.05, 0.1) is 11.7 Å². The molecule has 0 aliphatic heterocycles. The van der Waals surface area contributed by atoms with Crippen LogP contribution in [0.3, 0.4) is 0 Å². The number of aliphatic imine (C=N–C) groups is 1. The lowest BCUT2D eigenvalue weighted by molar-refractivity contribution is -0.104. The molecule has 0 saturated heterocycles. The number of hydrogen-bond donors (Lipinski definition) is 2. The standard InChI is InChI=1S/C23H33FN4O.C2H6/c1-5-20(9-8-19(2)24)16-22(18-27-13-6-7-15-29)11-10-21(17-23(25)26)12-14-28(3)4;1-2/h5-8,10-13,15,18,20H,1,9,14,16-17H2,2-4H3,(H3,25,26);1-2H3/b7-6+,11-10+,19-8+,21-12-,22-18+,27-13+;. The van der Waals surface area contributed by atoms with Gasteiger partial charge < -0.3 is 10.6 Å². The lowest BCUT2D eigenvalue weighted by Crippen LogP contribution is -2.13. The van der Waals surface area contributed by atoms with E-state index in [-0.39, 0.29) is 17.6 Å². The van der Waals surface area contributed by atoms with Gasteiger partial charge in [-0.1, -0.05) is 44.2 Å². The third kappa shape index (κ3) is 20.2. The van der Waals surface area contributed by atoms with Crippen molar-refractivity contribution in [3.05, 3.63) is 72.3 Å². The number of nitrogens with two attached hydrogens (primary N) is 1. The van der Waals surface area contributed by atoms with Crippen molar-refractivity contribution in [3.8, 4) is 0 Å². The van der Waals surface area contributed by atoms with Crippen LogP contribution in [0.1, 0.15) is 40.0 Å². The van der Waals surface area contributed by atoms with Gasteiger partial charge in [-0.05, 0) is 63.1 Å². The van der Waals surface area contributed by atoms with E-state index in [1.165, 1.54) is 19.2 Å². The number of aldehydes is 1. The van der Waals surface area contributed by atoms with Crippen molar-refractivity contribution < 1.29 is 9.18 Å². The topological polar surface area (TPSA) is 82.5 Å². The molecule has 0 saturated carbocycles. The maximum atomic E-state index is 13.1. The van der Waals surface area contributed by atoms with Crippen LogP contribution in [-0.4, -0.2) is 43.9 Å². The van der Waals surface area contributed by atoms with Gasteiger partial charge in [0, 0.05) is 25.4 Å². The lowest BCUT2D eigenvalue weighted by Gasteiger charge is -2.11. The molecule has 0 aromatic carbocycles. The molecule has 1 atom stereocenters. The Hall–Kier alpha value is -2.86. The quantitative estimate of drug-likeness (QED) is 0.0946. The van der Waals surface area contributed by atoms with E-state index in [2.05, 4.69) is 11.6 Å². The number of carbonyl (C=O) groups is 1. The van der Waals surface area contributed by atoms with Crippen LogP contribution in [-0.2, 0) is 4.79 Å². The van der Waals surface area contributed by atoms with Crippen molar-refractivity contribution in [1.29, 1.82) is 5.41 Å². The molecule has 172 valence electrons. The van der Waals surface area contributed by atoms with E-state index in [9.17, 15) is 9.18 Å². The van der Waals surface area contributed by atoms with Gasteiger partial charge in [0.1, 0.15) is 6.29 Å². The molecule has 0 fully saturated rings. The predicted molar refractivity (Wildman–Crippen MR) is 133 cm³/mol. The minimum Gasteiger partial charge on any atom is -0.387 e. The Bertz CT molecular complexity index is 709. The Balaban J connectivity index is 0. The highest BCUT2D eigenvalue weighted by atomic mass is 19.1. The average Bonchev–Trinajstić information content (AvgIpc) is 2.72. The van der Waals surface area contributed by atoms with E-state index in [1.807, 2.05) is 51.1 Å². The second-order valence-electron chi connectivity index (χ2n) is 6.83. The molecule has 6 heteroatoms. The maximum Gasteiger partial charge on any atom is 0.142 e. The van der Waals surface area contributed by atoms with Crippen molar-refractivity contribution in [2.75, 3.05) is 20.6 Å². The molecule has 0 radical (unpaired) electrons. The Labute approximate surface area is 187 Å². The van der Waals surface area contributed by atoms with Gasteiger partial charge in [-0.2, -0.15) is 0 Å². The summed E-state index contributed by atoms with van der Waals surface area (Å²) in [4.78, 5) is 16.6. The second-order valence-corrected chi connectivity index (χ2v) is 6.83. The van der Waals surface area contributed by atoms with Crippen LogP contribution in [0.25, 0.3) is 0 Å². The zero-order chi connectivity index (χ0) is 24.1. The average molecular weight is 431 g/mol. The van der Waals surface area contributed by atoms with Gasteiger partial charge in [0.15, 0.2) is 0 Å². The summed E-state index contributed by atoms with van der Waals surface area (Å²) in [6.45, 7) is 10.00. The van der Waals surface area contributed by atoms with Crippen LogP contribution >= 0.6 is 0 Å². The Morgan fingerprint density at radius 3 is 2.35 bits per heavy atom. The van der Waals surface area contributed by atoms with Crippen LogP contribution in [0.15, 0.2) is 77.3 Å². The minimum absolute atomic E-state index is 0.0549. The monoisotopic (exact) mass is 430 g/mol. The number of rotatable bonds is 14. The summed E-state index contributed by atoms with van der Waals surface area (Å²) in [6, 6.07) is 0. The van der Waals surface area contributed by atoms with Crippen LogP contribution in [0.2, 0.25) is 0 Å². The number of allylic oxidation sites excluding steroid dienone is 8. The third-order valence-corrected chi connectivity index (χ3v) is 3.76. The molecule has 0 amide bonds. The van der Waals surface area contributed by atoms with Crippen molar-refractivity contribution in [2.24, 2.45) is 16.6 Å². The van der Waals surface area contributed by atoms with Crippen LogP contribution < -0.4 is 5.73 Å². The highest BCUT2D eigenvalue weighted by Crippen LogP contribution is 2.20. The van der Waals surface area contributed by atoms with E-state index >= 15 is 0 Å². The summed E-state index contributed by atoms with van der Waals surface area (Å²) in [5.74, 6) is -0.0700. The minimum atomic E-state index is -0.217. The molecule has 31 heavy (non-hydrogen) atoms. The molecule has 0 aromatic heterocycles. The fraction of sp³-hybridized carbons (Fsp3) is 0.400. The molecular formula is C25H39FN4O. The molecule has 3 N–H and O–H groups in total. The molecule has 5 nitrogen and oxygen atoms in total. The van der Waals surface area contributed by atoms with Crippen molar-refractivity contribution in [2.45, 2.75) is 40.0 Å². The molecule has 0 bridgehead atoms. The molecule has 0 aliphatic carbocycles. The maximum absolute atomic E-state index is 13.1. The van der Waals surface area contributed by atoms with Crippen LogP contribution in [0.4, 0.5) is 4.39 Å². The Morgan fingerprint density at radius 2 is 1.84 bits per heavy atom. The number of amidine groups is 1. The van der Waals surface area contributed by atoms with Gasteiger partial charge in [-0.25, -0.2) is 4.39 Å². The number of carbonyl (C=O) groups excluding carboxylic acids is 1. The zero-order valence-corrected chi connectivity index (χ0v) is 19.6. The molecule has 0 rings (SSSR count). The largest absolute Gasteiger partial charge is 0.387 e. The number of nitrogens with one attached hydrogen (secondary N) is 1.